The fraction of sp³-hybridized carbons (Fsp3) is 0.417. The maximum atomic E-state index is 13.8. The third kappa shape index (κ3) is 2.69. The number of hydrogen-bond donors (Lipinski definition) is 1. The second kappa shape index (κ2) is 4.18. The van der Waals surface area contributed by atoms with Gasteiger partial charge in [0.05, 0.1) is 11.1 Å². The molecule has 2 nitrogen and oxygen atoms in total. The van der Waals surface area contributed by atoms with Crippen molar-refractivity contribution in [1.29, 1.82) is 0 Å². The molecule has 1 aromatic carbocycles. The summed E-state index contributed by atoms with van der Waals surface area (Å²) in [6, 6.07) is 1.29. The van der Waals surface area contributed by atoms with Crippen molar-refractivity contribution >= 4 is 5.97 Å². The van der Waals surface area contributed by atoms with E-state index < -0.39 is 40.7 Å². The minimum atomic E-state index is -4.86. The van der Waals surface area contributed by atoms with Crippen molar-refractivity contribution in [1.82, 2.24) is 0 Å². The summed E-state index contributed by atoms with van der Waals surface area (Å²) in [4.78, 5) is 10.7. The van der Waals surface area contributed by atoms with E-state index in [1.54, 1.807) is 0 Å². The molecule has 0 saturated heterocycles. The Bertz CT molecular complexity index is 517. The van der Waals surface area contributed by atoms with Crippen LogP contribution in [0.4, 0.5) is 22.0 Å². The van der Waals surface area contributed by atoms with E-state index in [0.717, 1.165) is 0 Å². The minimum Gasteiger partial charge on any atom is -0.478 e. The normalized spacial score (nSPS) is 16.5. The Morgan fingerprint density at radius 2 is 1.58 bits per heavy atom. The number of benzene rings is 1. The lowest BCUT2D eigenvalue weighted by atomic mass is 9.98. The van der Waals surface area contributed by atoms with Crippen molar-refractivity contribution in [3.63, 3.8) is 0 Å². The van der Waals surface area contributed by atoms with Gasteiger partial charge in [-0.3, -0.25) is 0 Å². The first-order valence-corrected chi connectivity index (χ1v) is 5.46. The van der Waals surface area contributed by atoms with Gasteiger partial charge in [-0.25, -0.2) is 13.6 Å². The number of rotatable bonds is 3. The third-order valence-electron chi connectivity index (χ3n) is 2.98. The van der Waals surface area contributed by atoms with Gasteiger partial charge in [0.1, 0.15) is 0 Å². The van der Waals surface area contributed by atoms with Crippen LogP contribution in [0.3, 0.4) is 0 Å². The highest BCUT2D eigenvalue weighted by atomic mass is 19.4. The molecular weight excluding hydrogens is 271 g/mol. The Labute approximate surface area is 104 Å². The van der Waals surface area contributed by atoms with E-state index in [1.807, 2.05) is 0 Å². The Balaban J connectivity index is 2.54. The van der Waals surface area contributed by atoms with Crippen molar-refractivity contribution in [2.24, 2.45) is 5.92 Å². The molecule has 1 aromatic rings. The van der Waals surface area contributed by atoms with Gasteiger partial charge in [0, 0.05) is 11.5 Å². The number of halogens is 5. The lowest BCUT2D eigenvalue weighted by Crippen LogP contribution is -2.19. The molecule has 1 saturated carbocycles. The molecular formula is C12H9F5O2. The first-order valence-electron chi connectivity index (χ1n) is 5.46. The van der Waals surface area contributed by atoms with Crippen LogP contribution in [0.15, 0.2) is 18.2 Å². The zero-order chi connectivity index (χ0) is 14.4. The number of hydrogen-bond acceptors (Lipinski definition) is 1. The molecule has 0 spiro atoms. The summed E-state index contributed by atoms with van der Waals surface area (Å²) in [5, 5.41) is 8.71. The highest BCUT2D eigenvalue weighted by Gasteiger charge is 2.49. The van der Waals surface area contributed by atoms with Gasteiger partial charge in [-0.1, -0.05) is 0 Å². The van der Waals surface area contributed by atoms with Crippen LogP contribution < -0.4 is 0 Å². The first kappa shape index (κ1) is 13.8. The van der Waals surface area contributed by atoms with Crippen molar-refractivity contribution in [2.45, 2.75) is 24.9 Å². The van der Waals surface area contributed by atoms with E-state index in [1.165, 1.54) is 0 Å². The standard InChI is InChI=1S/C12H9F5O2/c13-11(14,7-1-2-7)8-3-6(10(18)19)4-9(5-8)12(15,16)17/h3-5,7H,1-2H2,(H,18,19). The smallest absolute Gasteiger partial charge is 0.416 e. The van der Waals surface area contributed by atoms with Crippen LogP contribution in [0.2, 0.25) is 0 Å². The molecule has 0 heterocycles. The highest BCUT2D eigenvalue weighted by molar-refractivity contribution is 5.88. The maximum Gasteiger partial charge on any atom is 0.416 e. The molecule has 1 fully saturated rings. The van der Waals surface area contributed by atoms with Crippen LogP contribution in [0.5, 0.6) is 0 Å². The second-order valence-corrected chi connectivity index (χ2v) is 4.50. The van der Waals surface area contributed by atoms with Gasteiger partial charge in [0.15, 0.2) is 0 Å². The lowest BCUT2D eigenvalue weighted by Gasteiger charge is -2.18. The summed E-state index contributed by atoms with van der Waals surface area (Å²) < 4.78 is 65.3. The van der Waals surface area contributed by atoms with Crippen LogP contribution in [0.1, 0.15) is 34.3 Å². The van der Waals surface area contributed by atoms with E-state index in [0.29, 0.717) is 18.2 Å². The number of alkyl halides is 5. The highest BCUT2D eigenvalue weighted by Crippen LogP contribution is 2.50. The second-order valence-electron chi connectivity index (χ2n) is 4.50. The average Bonchev–Trinajstić information content (AvgIpc) is 3.11. The van der Waals surface area contributed by atoms with Gasteiger partial charge in [-0.15, -0.1) is 0 Å². The van der Waals surface area contributed by atoms with Gasteiger partial charge in [-0.2, -0.15) is 13.2 Å². The first-order chi connectivity index (χ1) is 8.62. The number of carboxylic acids is 1. The zero-order valence-corrected chi connectivity index (χ0v) is 9.47. The fourth-order valence-corrected chi connectivity index (χ4v) is 1.79. The SMILES string of the molecule is O=C(O)c1cc(C(F)(F)F)cc(C(F)(F)C2CC2)c1. The monoisotopic (exact) mass is 280 g/mol. The Morgan fingerprint density at radius 1 is 1.05 bits per heavy atom. The molecule has 0 amide bonds. The maximum absolute atomic E-state index is 13.8. The molecule has 0 aliphatic heterocycles. The van der Waals surface area contributed by atoms with Crippen LogP contribution in [-0.4, -0.2) is 11.1 Å². The molecule has 0 radical (unpaired) electrons. The molecule has 0 aromatic heterocycles. The van der Waals surface area contributed by atoms with Gasteiger partial charge in [-0.05, 0) is 31.0 Å². The van der Waals surface area contributed by atoms with Gasteiger partial charge >= 0.3 is 12.1 Å². The molecule has 1 aliphatic carbocycles. The van der Waals surface area contributed by atoms with E-state index in [2.05, 4.69) is 0 Å². The Kier molecular flexibility index (Phi) is 3.03. The molecule has 0 bridgehead atoms. The van der Waals surface area contributed by atoms with E-state index in [4.69, 9.17) is 5.11 Å². The number of carbonyl (C=O) groups is 1. The molecule has 104 valence electrons. The van der Waals surface area contributed by atoms with Crippen molar-refractivity contribution in [3.05, 3.63) is 34.9 Å². The quantitative estimate of drug-likeness (QED) is 0.852. The van der Waals surface area contributed by atoms with Crippen LogP contribution in [-0.2, 0) is 12.1 Å². The molecule has 1 aliphatic rings. The van der Waals surface area contributed by atoms with Gasteiger partial charge < -0.3 is 5.11 Å². The summed E-state index contributed by atoms with van der Waals surface area (Å²) in [5.74, 6) is -6.09. The molecule has 0 unspecified atom stereocenters. The van der Waals surface area contributed by atoms with E-state index in [-0.39, 0.29) is 12.8 Å². The fourth-order valence-electron chi connectivity index (χ4n) is 1.79. The Hall–Kier alpha value is -1.66. The predicted molar refractivity (Wildman–Crippen MR) is 55.0 cm³/mol. The molecule has 19 heavy (non-hydrogen) atoms. The van der Waals surface area contributed by atoms with E-state index in [9.17, 15) is 26.7 Å². The van der Waals surface area contributed by atoms with Crippen LogP contribution in [0, 0.1) is 5.92 Å². The summed E-state index contributed by atoms with van der Waals surface area (Å²) in [6.07, 6.45) is -4.41. The molecule has 1 N–H and O–H groups in total. The summed E-state index contributed by atoms with van der Waals surface area (Å²) >= 11 is 0. The Morgan fingerprint density at radius 3 is 2.00 bits per heavy atom. The summed E-state index contributed by atoms with van der Waals surface area (Å²) in [5.41, 5.74) is -3.05. The third-order valence-corrected chi connectivity index (χ3v) is 2.98. The summed E-state index contributed by atoms with van der Waals surface area (Å²) in [7, 11) is 0. The van der Waals surface area contributed by atoms with Gasteiger partial charge in [0.2, 0.25) is 0 Å². The van der Waals surface area contributed by atoms with Crippen LogP contribution in [0.25, 0.3) is 0 Å². The predicted octanol–water partition coefficient (Wildman–Crippen LogP) is 3.91. The molecule has 2 rings (SSSR count). The zero-order valence-electron chi connectivity index (χ0n) is 9.47. The molecule has 0 atom stereocenters. The van der Waals surface area contributed by atoms with Crippen LogP contribution >= 0.6 is 0 Å². The minimum absolute atomic E-state index is 0.228. The number of aromatic carboxylic acids is 1. The van der Waals surface area contributed by atoms with Crippen molar-refractivity contribution in [3.8, 4) is 0 Å². The largest absolute Gasteiger partial charge is 0.478 e. The van der Waals surface area contributed by atoms with Crippen molar-refractivity contribution < 1.29 is 31.9 Å². The van der Waals surface area contributed by atoms with Crippen molar-refractivity contribution in [2.75, 3.05) is 0 Å². The average molecular weight is 280 g/mol. The van der Waals surface area contributed by atoms with Gasteiger partial charge in [0.25, 0.3) is 5.92 Å². The van der Waals surface area contributed by atoms with E-state index >= 15 is 0 Å². The topological polar surface area (TPSA) is 37.3 Å². The lowest BCUT2D eigenvalue weighted by molar-refractivity contribution is -0.137. The number of carboxylic acid groups (broad SMARTS) is 1. The summed E-state index contributed by atoms with van der Waals surface area (Å²) in [6.45, 7) is 0. The molecule has 7 heteroatoms.